The van der Waals surface area contributed by atoms with E-state index in [4.69, 9.17) is 21.1 Å². The van der Waals surface area contributed by atoms with Crippen LogP contribution >= 0.6 is 11.6 Å². The molecule has 1 atom stereocenters. The van der Waals surface area contributed by atoms with Crippen molar-refractivity contribution in [1.82, 2.24) is 19.0 Å². The molecule has 0 unspecified atom stereocenters. The van der Waals surface area contributed by atoms with Gasteiger partial charge in [0.2, 0.25) is 0 Å². The van der Waals surface area contributed by atoms with E-state index in [1.807, 2.05) is 26.8 Å². The molecule has 1 fully saturated rings. The predicted octanol–water partition coefficient (Wildman–Crippen LogP) is 4.54. The van der Waals surface area contributed by atoms with Gasteiger partial charge < -0.3 is 14.4 Å². The molecule has 192 valence electrons. The number of carbonyl (C=O) groups excluding carboxylic acids is 1. The molecule has 9 nitrogen and oxygen atoms in total. The van der Waals surface area contributed by atoms with Gasteiger partial charge in [0.1, 0.15) is 16.9 Å². The number of carbonyl (C=O) groups is 1. The number of pyridine rings is 1. The molecule has 0 saturated carbocycles. The van der Waals surface area contributed by atoms with Crippen molar-refractivity contribution in [3.05, 3.63) is 74.5 Å². The van der Waals surface area contributed by atoms with Gasteiger partial charge in [-0.05, 0) is 51.5 Å². The summed E-state index contributed by atoms with van der Waals surface area (Å²) >= 11 is 6.19. The molecule has 10 heteroatoms. The van der Waals surface area contributed by atoms with E-state index < -0.39 is 29.0 Å². The molecule has 5 rings (SSSR count). The number of amides is 1. The fourth-order valence-corrected chi connectivity index (χ4v) is 4.98. The van der Waals surface area contributed by atoms with E-state index in [0.717, 1.165) is 4.57 Å². The van der Waals surface area contributed by atoms with Crippen LogP contribution < -0.4 is 16.0 Å². The van der Waals surface area contributed by atoms with Gasteiger partial charge in [0.15, 0.2) is 0 Å². The van der Waals surface area contributed by atoms with Crippen LogP contribution in [0.5, 0.6) is 5.75 Å². The van der Waals surface area contributed by atoms with Crippen LogP contribution in [0.25, 0.3) is 27.5 Å². The molecule has 0 bridgehead atoms. The SMILES string of the molecule is COc1cccc2c1ncc1c(=O)n(-c3cccc(Cl)c3)c(=O)n([C@@H]3CCN(C(=O)OC(C)(C)C)C3)c12. The van der Waals surface area contributed by atoms with E-state index in [2.05, 4.69) is 4.98 Å². The lowest BCUT2D eigenvalue weighted by atomic mass is 10.1. The third kappa shape index (κ3) is 4.44. The smallest absolute Gasteiger partial charge is 0.410 e. The van der Waals surface area contributed by atoms with Crippen molar-refractivity contribution in [2.75, 3.05) is 20.2 Å². The highest BCUT2D eigenvalue weighted by Crippen LogP contribution is 2.32. The number of halogens is 1. The van der Waals surface area contributed by atoms with Gasteiger partial charge in [0.25, 0.3) is 5.56 Å². The highest BCUT2D eigenvalue weighted by Gasteiger charge is 2.33. The van der Waals surface area contributed by atoms with Crippen LogP contribution in [0.3, 0.4) is 0 Å². The Balaban J connectivity index is 1.78. The van der Waals surface area contributed by atoms with Gasteiger partial charge in [-0.2, -0.15) is 0 Å². The molecule has 0 aliphatic carbocycles. The molecule has 1 aliphatic heterocycles. The first-order valence-electron chi connectivity index (χ1n) is 12.0. The van der Waals surface area contributed by atoms with E-state index >= 15 is 0 Å². The maximum Gasteiger partial charge on any atom is 0.410 e. The van der Waals surface area contributed by atoms with Crippen LogP contribution in [-0.2, 0) is 4.74 Å². The van der Waals surface area contributed by atoms with Gasteiger partial charge in [-0.3, -0.25) is 14.3 Å². The molecule has 0 N–H and O–H groups in total. The molecule has 2 aromatic heterocycles. The fraction of sp³-hybridized carbons (Fsp3) is 0.333. The van der Waals surface area contributed by atoms with E-state index in [1.54, 1.807) is 53.0 Å². The number of benzene rings is 2. The standard InChI is InChI=1S/C27H27ClN4O5/c1-27(2,3)37-26(35)30-12-11-18(15-30)31-23-19-9-6-10-21(36-4)22(19)29-14-20(23)24(33)32(25(31)34)17-8-5-7-16(28)13-17/h5-10,13-14,18H,11-12,15H2,1-4H3/t18-/m1/s1. The number of hydrogen-bond acceptors (Lipinski definition) is 6. The number of rotatable bonds is 3. The van der Waals surface area contributed by atoms with Crippen LogP contribution in [0, 0.1) is 0 Å². The second kappa shape index (κ2) is 9.23. The van der Waals surface area contributed by atoms with E-state index in [-0.39, 0.29) is 11.9 Å². The first-order chi connectivity index (χ1) is 17.6. The van der Waals surface area contributed by atoms with E-state index in [1.165, 1.54) is 6.20 Å². The van der Waals surface area contributed by atoms with E-state index in [0.29, 0.717) is 45.8 Å². The lowest BCUT2D eigenvalue weighted by Gasteiger charge is -2.25. The van der Waals surface area contributed by atoms with Crippen molar-refractivity contribution < 1.29 is 14.3 Å². The van der Waals surface area contributed by atoms with Crippen molar-refractivity contribution in [3.8, 4) is 11.4 Å². The zero-order valence-corrected chi connectivity index (χ0v) is 21.8. The maximum atomic E-state index is 14.1. The first kappa shape index (κ1) is 24.8. The summed E-state index contributed by atoms with van der Waals surface area (Å²) in [5.74, 6) is 0.527. The molecular weight excluding hydrogens is 496 g/mol. The summed E-state index contributed by atoms with van der Waals surface area (Å²) in [5, 5.41) is 1.28. The summed E-state index contributed by atoms with van der Waals surface area (Å²) in [7, 11) is 1.54. The van der Waals surface area contributed by atoms with Crippen molar-refractivity contribution in [3.63, 3.8) is 0 Å². The van der Waals surface area contributed by atoms with Gasteiger partial charge in [-0.15, -0.1) is 0 Å². The fourth-order valence-electron chi connectivity index (χ4n) is 4.80. The van der Waals surface area contributed by atoms with Crippen LogP contribution in [0.15, 0.2) is 58.3 Å². The summed E-state index contributed by atoms with van der Waals surface area (Å²) in [6, 6.07) is 11.6. The maximum absolute atomic E-state index is 14.1. The second-order valence-electron chi connectivity index (χ2n) is 10.0. The van der Waals surface area contributed by atoms with Gasteiger partial charge in [-0.1, -0.05) is 29.8 Å². The largest absolute Gasteiger partial charge is 0.494 e. The molecule has 1 aliphatic rings. The molecule has 1 amide bonds. The van der Waals surface area contributed by atoms with Crippen LogP contribution in [0.2, 0.25) is 5.02 Å². The summed E-state index contributed by atoms with van der Waals surface area (Å²) in [5.41, 5.74) is -0.327. The minimum Gasteiger partial charge on any atom is -0.494 e. The Hall–Kier alpha value is -3.85. The van der Waals surface area contributed by atoms with E-state index in [9.17, 15) is 14.4 Å². The third-order valence-electron chi connectivity index (χ3n) is 6.37. The van der Waals surface area contributed by atoms with Crippen LogP contribution in [0.4, 0.5) is 4.79 Å². The molecule has 4 aromatic rings. The Morgan fingerprint density at radius 1 is 1.11 bits per heavy atom. The zero-order chi connectivity index (χ0) is 26.5. The van der Waals surface area contributed by atoms with Gasteiger partial charge in [0.05, 0.1) is 29.7 Å². The number of aromatic nitrogens is 3. The lowest BCUT2D eigenvalue weighted by molar-refractivity contribution is 0.0289. The van der Waals surface area contributed by atoms with Crippen molar-refractivity contribution in [1.29, 1.82) is 0 Å². The van der Waals surface area contributed by atoms with Crippen molar-refractivity contribution in [2.45, 2.75) is 38.8 Å². The summed E-state index contributed by atoms with van der Waals surface area (Å²) in [4.78, 5) is 46.7. The summed E-state index contributed by atoms with van der Waals surface area (Å²) in [6.45, 7) is 6.10. The molecular formula is C27H27ClN4O5. The Bertz CT molecular complexity index is 1650. The Labute approximate surface area is 217 Å². The minimum absolute atomic E-state index is 0.255. The van der Waals surface area contributed by atoms with Crippen LogP contribution in [-0.4, -0.2) is 50.9 Å². The average Bonchev–Trinajstić information content (AvgIpc) is 3.33. The highest BCUT2D eigenvalue weighted by molar-refractivity contribution is 6.30. The number of nitrogens with zero attached hydrogens (tertiary/aromatic N) is 4. The number of para-hydroxylation sites is 1. The summed E-state index contributed by atoms with van der Waals surface area (Å²) in [6.07, 6.45) is 1.54. The number of fused-ring (bicyclic) bond motifs is 3. The molecule has 0 spiro atoms. The Morgan fingerprint density at radius 3 is 2.57 bits per heavy atom. The number of ether oxygens (including phenoxy) is 2. The minimum atomic E-state index is -0.642. The quantitative estimate of drug-likeness (QED) is 0.366. The zero-order valence-electron chi connectivity index (χ0n) is 21.0. The molecule has 37 heavy (non-hydrogen) atoms. The predicted molar refractivity (Wildman–Crippen MR) is 142 cm³/mol. The first-order valence-corrected chi connectivity index (χ1v) is 12.3. The second-order valence-corrected chi connectivity index (χ2v) is 10.5. The molecule has 0 radical (unpaired) electrons. The monoisotopic (exact) mass is 522 g/mol. The number of methoxy groups -OCH3 is 1. The average molecular weight is 523 g/mol. The number of likely N-dealkylation sites (tertiary alicyclic amines) is 1. The molecule has 2 aromatic carbocycles. The van der Waals surface area contributed by atoms with Gasteiger partial charge in [0, 0.05) is 29.7 Å². The molecule has 3 heterocycles. The van der Waals surface area contributed by atoms with Crippen molar-refractivity contribution in [2.24, 2.45) is 0 Å². The van der Waals surface area contributed by atoms with Crippen molar-refractivity contribution >= 4 is 39.5 Å². The molecule has 1 saturated heterocycles. The Kier molecular flexibility index (Phi) is 6.19. The lowest BCUT2D eigenvalue weighted by Crippen LogP contribution is -2.42. The van der Waals surface area contributed by atoms with Gasteiger partial charge >= 0.3 is 11.8 Å². The highest BCUT2D eigenvalue weighted by atomic mass is 35.5. The van der Waals surface area contributed by atoms with Crippen LogP contribution in [0.1, 0.15) is 33.2 Å². The topological polar surface area (TPSA) is 95.7 Å². The van der Waals surface area contributed by atoms with Gasteiger partial charge in [-0.25, -0.2) is 14.2 Å². The normalized spacial score (nSPS) is 15.9. The number of hydrogen-bond donors (Lipinski definition) is 0. The summed E-state index contributed by atoms with van der Waals surface area (Å²) < 4.78 is 13.8. The third-order valence-corrected chi connectivity index (χ3v) is 6.61. The Morgan fingerprint density at radius 2 is 1.86 bits per heavy atom.